The normalized spacial score (nSPS) is 26.9. The van der Waals surface area contributed by atoms with Crippen LogP contribution < -0.4 is 0 Å². The van der Waals surface area contributed by atoms with Crippen molar-refractivity contribution >= 4 is 0 Å². The second-order valence-electron chi connectivity index (χ2n) is 6.54. The maximum atomic E-state index is 5.31. The quantitative estimate of drug-likeness (QED) is 0.814. The van der Waals surface area contributed by atoms with Gasteiger partial charge in [-0.3, -0.25) is 4.90 Å². The van der Waals surface area contributed by atoms with E-state index in [9.17, 15) is 0 Å². The van der Waals surface area contributed by atoms with Crippen molar-refractivity contribution in [3.8, 4) is 0 Å². The Bertz CT molecular complexity index is 548. The minimum atomic E-state index is 0.265. The van der Waals surface area contributed by atoms with Crippen molar-refractivity contribution in [3.05, 3.63) is 60.1 Å². The van der Waals surface area contributed by atoms with Crippen LogP contribution in [0.4, 0.5) is 0 Å². The molecule has 2 nitrogen and oxygen atoms in total. The number of hydrogen-bond acceptors (Lipinski definition) is 2. The summed E-state index contributed by atoms with van der Waals surface area (Å²) in [4.78, 5) is 2.65. The molecule has 2 heterocycles. The molecule has 2 heteroatoms. The first-order valence-electron chi connectivity index (χ1n) is 8.02. The molecular formula is C19H25NO. The van der Waals surface area contributed by atoms with Gasteiger partial charge in [0.25, 0.3) is 0 Å². The predicted octanol–water partition coefficient (Wildman–Crippen LogP) is 4.61. The van der Waals surface area contributed by atoms with Crippen molar-refractivity contribution in [2.24, 2.45) is 0 Å². The van der Waals surface area contributed by atoms with Gasteiger partial charge in [0.15, 0.2) is 0 Å². The zero-order valence-corrected chi connectivity index (χ0v) is 13.1. The Kier molecular flexibility index (Phi) is 4.16. The SMILES string of the molecule is CCC1C[C@@](C)(c2ccoc2)CCN1Cc1ccccc1. The molecule has 0 spiro atoms. The van der Waals surface area contributed by atoms with E-state index in [1.807, 2.05) is 6.26 Å². The number of likely N-dealkylation sites (tertiary alicyclic amines) is 1. The lowest BCUT2D eigenvalue weighted by Gasteiger charge is -2.44. The van der Waals surface area contributed by atoms with Crippen LogP contribution in [0.5, 0.6) is 0 Å². The minimum Gasteiger partial charge on any atom is -0.472 e. The van der Waals surface area contributed by atoms with Crippen LogP contribution in [0.2, 0.25) is 0 Å². The third kappa shape index (κ3) is 3.06. The van der Waals surface area contributed by atoms with Crippen LogP contribution in [-0.4, -0.2) is 17.5 Å². The lowest BCUT2D eigenvalue weighted by atomic mass is 9.72. The summed E-state index contributed by atoms with van der Waals surface area (Å²) >= 11 is 0. The van der Waals surface area contributed by atoms with Gasteiger partial charge in [-0.2, -0.15) is 0 Å². The molecule has 0 amide bonds. The van der Waals surface area contributed by atoms with Gasteiger partial charge in [-0.15, -0.1) is 0 Å². The molecule has 0 radical (unpaired) electrons. The number of benzene rings is 1. The van der Waals surface area contributed by atoms with Crippen LogP contribution >= 0.6 is 0 Å². The highest BCUT2D eigenvalue weighted by molar-refractivity contribution is 5.21. The predicted molar refractivity (Wildman–Crippen MR) is 86.2 cm³/mol. The van der Waals surface area contributed by atoms with Crippen LogP contribution in [0.15, 0.2) is 53.3 Å². The first kappa shape index (κ1) is 14.4. The second-order valence-corrected chi connectivity index (χ2v) is 6.54. The number of rotatable bonds is 4. The molecule has 1 aliphatic heterocycles. The van der Waals surface area contributed by atoms with Crippen LogP contribution in [0.25, 0.3) is 0 Å². The van der Waals surface area contributed by atoms with E-state index in [0.29, 0.717) is 6.04 Å². The zero-order valence-electron chi connectivity index (χ0n) is 13.1. The fourth-order valence-corrected chi connectivity index (χ4v) is 3.62. The number of furan rings is 1. The van der Waals surface area contributed by atoms with E-state index in [1.54, 1.807) is 6.26 Å². The highest BCUT2D eigenvalue weighted by Gasteiger charge is 2.37. The van der Waals surface area contributed by atoms with Crippen LogP contribution in [-0.2, 0) is 12.0 Å². The molecule has 0 aliphatic carbocycles. The van der Waals surface area contributed by atoms with Gasteiger partial charge >= 0.3 is 0 Å². The van der Waals surface area contributed by atoms with Crippen LogP contribution in [0.1, 0.15) is 44.2 Å². The summed E-state index contributed by atoms with van der Waals surface area (Å²) in [5.74, 6) is 0. The number of hydrogen-bond donors (Lipinski definition) is 0. The molecule has 1 aromatic heterocycles. The summed E-state index contributed by atoms with van der Waals surface area (Å²) < 4.78 is 5.31. The largest absolute Gasteiger partial charge is 0.472 e. The van der Waals surface area contributed by atoms with E-state index in [0.717, 1.165) is 13.1 Å². The first-order chi connectivity index (χ1) is 10.2. The summed E-state index contributed by atoms with van der Waals surface area (Å²) in [6.45, 7) is 6.93. The summed E-state index contributed by atoms with van der Waals surface area (Å²) in [6, 6.07) is 13.6. The van der Waals surface area contributed by atoms with E-state index < -0.39 is 0 Å². The third-order valence-electron chi connectivity index (χ3n) is 5.07. The van der Waals surface area contributed by atoms with Gasteiger partial charge in [0.05, 0.1) is 12.5 Å². The van der Waals surface area contributed by atoms with Crippen molar-refractivity contribution in [1.82, 2.24) is 4.90 Å². The molecule has 1 fully saturated rings. The maximum Gasteiger partial charge on any atom is 0.0940 e. The van der Waals surface area contributed by atoms with Gasteiger partial charge in [0.1, 0.15) is 0 Å². The average Bonchev–Trinajstić information content (AvgIpc) is 3.05. The fourth-order valence-electron chi connectivity index (χ4n) is 3.62. The van der Waals surface area contributed by atoms with E-state index in [1.165, 1.54) is 30.4 Å². The Labute approximate surface area is 127 Å². The van der Waals surface area contributed by atoms with Gasteiger partial charge in [0, 0.05) is 12.6 Å². The third-order valence-corrected chi connectivity index (χ3v) is 5.07. The molecule has 2 aromatic rings. The Morgan fingerprint density at radius 3 is 2.71 bits per heavy atom. The van der Waals surface area contributed by atoms with Gasteiger partial charge in [0.2, 0.25) is 0 Å². The molecule has 1 unspecified atom stereocenters. The molecule has 1 aromatic carbocycles. The van der Waals surface area contributed by atoms with Crippen molar-refractivity contribution in [3.63, 3.8) is 0 Å². The monoisotopic (exact) mass is 283 g/mol. The number of piperidine rings is 1. The van der Waals surface area contributed by atoms with E-state index in [4.69, 9.17) is 4.42 Å². The second kappa shape index (κ2) is 6.07. The van der Waals surface area contributed by atoms with E-state index in [2.05, 4.69) is 55.1 Å². The lowest BCUT2D eigenvalue weighted by Crippen LogP contribution is -2.47. The van der Waals surface area contributed by atoms with Gasteiger partial charge in [-0.25, -0.2) is 0 Å². The standard InChI is InChI=1S/C19H25NO/c1-3-18-13-19(2,17-9-12-21-15-17)10-11-20(18)14-16-7-5-4-6-8-16/h4-9,12,15,18H,3,10-11,13-14H2,1-2H3/t18?,19-/m0/s1. The number of nitrogens with zero attached hydrogens (tertiary/aromatic N) is 1. The zero-order chi connectivity index (χ0) is 14.7. The summed E-state index contributed by atoms with van der Waals surface area (Å²) in [5.41, 5.74) is 3.05. The highest BCUT2D eigenvalue weighted by atomic mass is 16.3. The first-order valence-corrected chi connectivity index (χ1v) is 8.02. The Morgan fingerprint density at radius 2 is 2.05 bits per heavy atom. The molecule has 0 saturated carbocycles. The lowest BCUT2D eigenvalue weighted by molar-refractivity contribution is 0.0891. The maximum absolute atomic E-state index is 5.31. The Morgan fingerprint density at radius 1 is 1.24 bits per heavy atom. The topological polar surface area (TPSA) is 16.4 Å². The van der Waals surface area contributed by atoms with Gasteiger partial charge in [-0.1, -0.05) is 44.2 Å². The Hall–Kier alpha value is -1.54. The molecule has 21 heavy (non-hydrogen) atoms. The minimum absolute atomic E-state index is 0.265. The van der Waals surface area contributed by atoms with Crippen molar-refractivity contribution in [2.75, 3.05) is 6.54 Å². The summed E-state index contributed by atoms with van der Waals surface area (Å²) in [5, 5.41) is 0. The smallest absolute Gasteiger partial charge is 0.0940 e. The molecule has 3 rings (SSSR count). The molecule has 0 bridgehead atoms. The fraction of sp³-hybridized carbons (Fsp3) is 0.474. The van der Waals surface area contributed by atoms with Crippen molar-refractivity contribution in [1.29, 1.82) is 0 Å². The summed E-state index contributed by atoms with van der Waals surface area (Å²) in [6.07, 6.45) is 7.36. The summed E-state index contributed by atoms with van der Waals surface area (Å²) in [7, 11) is 0. The van der Waals surface area contributed by atoms with Crippen LogP contribution in [0, 0.1) is 0 Å². The molecule has 2 atom stereocenters. The Balaban J connectivity index is 1.72. The molecule has 1 saturated heterocycles. The molecule has 0 N–H and O–H groups in total. The van der Waals surface area contributed by atoms with E-state index in [-0.39, 0.29) is 5.41 Å². The van der Waals surface area contributed by atoms with Gasteiger partial charge < -0.3 is 4.42 Å². The molecular weight excluding hydrogens is 258 g/mol. The molecule has 112 valence electrons. The highest BCUT2D eigenvalue weighted by Crippen LogP contribution is 2.39. The average molecular weight is 283 g/mol. The van der Waals surface area contributed by atoms with E-state index >= 15 is 0 Å². The molecule has 1 aliphatic rings. The van der Waals surface area contributed by atoms with Crippen molar-refractivity contribution < 1.29 is 4.42 Å². The van der Waals surface area contributed by atoms with Gasteiger partial charge in [-0.05, 0) is 48.4 Å². The van der Waals surface area contributed by atoms with Crippen molar-refractivity contribution in [2.45, 2.75) is 51.1 Å². The van der Waals surface area contributed by atoms with Crippen LogP contribution in [0.3, 0.4) is 0 Å².